The van der Waals surface area contributed by atoms with Crippen molar-refractivity contribution in [2.24, 2.45) is 0 Å². The summed E-state index contributed by atoms with van der Waals surface area (Å²) < 4.78 is 48.5. The molecule has 0 aromatic heterocycles. The van der Waals surface area contributed by atoms with E-state index in [1.165, 1.54) is 18.2 Å². The third-order valence-electron chi connectivity index (χ3n) is 3.21. The lowest BCUT2D eigenvalue weighted by molar-refractivity contribution is -0.137. The number of carbonyl (C=O) groups is 1. The Morgan fingerprint density at radius 2 is 1.96 bits per heavy atom. The van der Waals surface area contributed by atoms with Crippen molar-refractivity contribution < 1.29 is 27.4 Å². The largest absolute Gasteiger partial charge is 0.492 e. The SMILES string of the molecule is CCOc1ccc(C#N)cc1NC(=O)COc1cccc(C(F)(F)F)c1. The fourth-order valence-corrected chi connectivity index (χ4v) is 2.08. The van der Waals surface area contributed by atoms with Crippen molar-refractivity contribution in [1.29, 1.82) is 5.26 Å². The molecule has 0 atom stereocenters. The number of ether oxygens (including phenoxy) is 2. The van der Waals surface area contributed by atoms with Gasteiger partial charge in [0.25, 0.3) is 5.91 Å². The molecule has 0 heterocycles. The van der Waals surface area contributed by atoms with Crippen molar-refractivity contribution in [3.05, 3.63) is 53.6 Å². The third-order valence-corrected chi connectivity index (χ3v) is 3.21. The average molecular weight is 364 g/mol. The number of benzene rings is 2. The van der Waals surface area contributed by atoms with E-state index >= 15 is 0 Å². The minimum Gasteiger partial charge on any atom is -0.492 e. The first kappa shape index (κ1) is 19.1. The van der Waals surface area contributed by atoms with Crippen molar-refractivity contribution >= 4 is 11.6 Å². The van der Waals surface area contributed by atoms with Crippen molar-refractivity contribution in [3.63, 3.8) is 0 Å². The van der Waals surface area contributed by atoms with Crippen LogP contribution < -0.4 is 14.8 Å². The van der Waals surface area contributed by atoms with Gasteiger partial charge in [-0.05, 0) is 43.3 Å². The molecule has 0 saturated heterocycles. The molecule has 26 heavy (non-hydrogen) atoms. The third kappa shape index (κ3) is 5.14. The van der Waals surface area contributed by atoms with Gasteiger partial charge in [-0.15, -0.1) is 0 Å². The number of hydrogen-bond donors (Lipinski definition) is 1. The van der Waals surface area contributed by atoms with E-state index in [1.54, 1.807) is 19.1 Å². The quantitative estimate of drug-likeness (QED) is 0.841. The van der Waals surface area contributed by atoms with Crippen LogP contribution >= 0.6 is 0 Å². The first-order valence-corrected chi connectivity index (χ1v) is 7.60. The van der Waals surface area contributed by atoms with Gasteiger partial charge in [0.1, 0.15) is 11.5 Å². The molecule has 1 N–H and O–H groups in total. The molecule has 8 heteroatoms. The summed E-state index contributed by atoms with van der Waals surface area (Å²) in [6.45, 7) is 1.62. The molecule has 2 aromatic carbocycles. The predicted octanol–water partition coefficient (Wildman–Crippen LogP) is 3.99. The van der Waals surface area contributed by atoms with Crippen molar-refractivity contribution in [2.45, 2.75) is 13.1 Å². The highest BCUT2D eigenvalue weighted by Gasteiger charge is 2.30. The zero-order valence-electron chi connectivity index (χ0n) is 13.8. The minimum atomic E-state index is -4.49. The van der Waals surface area contributed by atoms with Gasteiger partial charge in [-0.3, -0.25) is 4.79 Å². The van der Waals surface area contributed by atoms with Gasteiger partial charge in [0.15, 0.2) is 6.61 Å². The van der Waals surface area contributed by atoms with Crippen LogP contribution in [0, 0.1) is 11.3 Å². The average Bonchev–Trinajstić information content (AvgIpc) is 2.61. The van der Waals surface area contributed by atoms with Crippen LogP contribution in [0.5, 0.6) is 11.5 Å². The summed E-state index contributed by atoms with van der Waals surface area (Å²) >= 11 is 0. The Morgan fingerprint density at radius 3 is 2.62 bits per heavy atom. The molecule has 0 aliphatic carbocycles. The maximum absolute atomic E-state index is 12.7. The number of alkyl halides is 3. The molecular formula is C18H15F3N2O3. The standard InChI is InChI=1S/C18H15F3N2O3/c1-2-25-16-7-6-12(10-22)8-15(16)23-17(24)11-26-14-5-3-4-13(9-14)18(19,20)21/h3-9H,2,11H2,1H3,(H,23,24). The molecule has 0 aliphatic rings. The highest BCUT2D eigenvalue weighted by atomic mass is 19.4. The minimum absolute atomic E-state index is 0.0780. The number of amides is 1. The molecule has 0 saturated carbocycles. The maximum atomic E-state index is 12.7. The second kappa shape index (κ2) is 8.25. The van der Waals surface area contributed by atoms with Gasteiger partial charge < -0.3 is 14.8 Å². The van der Waals surface area contributed by atoms with Crippen LogP contribution in [0.1, 0.15) is 18.1 Å². The van der Waals surface area contributed by atoms with Crippen LogP contribution in [0.15, 0.2) is 42.5 Å². The van der Waals surface area contributed by atoms with Gasteiger partial charge in [-0.25, -0.2) is 0 Å². The first-order chi connectivity index (χ1) is 12.3. The highest BCUT2D eigenvalue weighted by molar-refractivity contribution is 5.93. The molecule has 2 rings (SSSR count). The first-order valence-electron chi connectivity index (χ1n) is 7.60. The molecule has 0 spiro atoms. The molecular weight excluding hydrogens is 349 g/mol. The summed E-state index contributed by atoms with van der Waals surface area (Å²) in [5.74, 6) is -0.303. The van der Waals surface area contributed by atoms with Crippen LogP contribution in [0.4, 0.5) is 18.9 Å². The van der Waals surface area contributed by atoms with E-state index in [4.69, 9.17) is 14.7 Å². The van der Waals surface area contributed by atoms with E-state index in [1.807, 2.05) is 6.07 Å². The Morgan fingerprint density at radius 1 is 1.19 bits per heavy atom. The van der Waals surface area contributed by atoms with Gasteiger partial charge >= 0.3 is 6.18 Å². The van der Waals surface area contributed by atoms with Crippen LogP contribution in [0.2, 0.25) is 0 Å². The molecule has 2 aromatic rings. The van der Waals surface area contributed by atoms with Crippen molar-refractivity contribution in [3.8, 4) is 17.6 Å². The summed E-state index contributed by atoms with van der Waals surface area (Å²) in [5, 5.41) is 11.5. The van der Waals surface area contributed by atoms with Crippen LogP contribution in [0.25, 0.3) is 0 Å². The lowest BCUT2D eigenvalue weighted by Gasteiger charge is -2.13. The Hall–Kier alpha value is -3.21. The Labute approximate surface area is 148 Å². The van der Waals surface area contributed by atoms with E-state index in [2.05, 4.69) is 5.32 Å². The van der Waals surface area contributed by atoms with Gasteiger partial charge in [-0.1, -0.05) is 6.07 Å². The fraction of sp³-hybridized carbons (Fsp3) is 0.222. The van der Waals surface area contributed by atoms with E-state index in [-0.39, 0.29) is 11.4 Å². The number of nitrogens with one attached hydrogen (secondary N) is 1. The summed E-state index contributed by atoms with van der Waals surface area (Å²) in [6.07, 6.45) is -4.49. The molecule has 0 fully saturated rings. The van der Waals surface area contributed by atoms with Gasteiger partial charge in [0, 0.05) is 0 Å². The van der Waals surface area contributed by atoms with Crippen molar-refractivity contribution in [1.82, 2.24) is 0 Å². The lowest BCUT2D eigenvalue weighted by atomic mass is 10.2. The second-order valence-electron chi connectivity index (χ2n) is 5.12. The zero-order chi connectivity index (χ0) is 19.2. The van der Waals surface area contributed by atoms with Gasteiger partial charge in [-0.2, -0.15) is 18.4 Å². The number of hydrogen-bond acceptors (Lipinski definition) is 4. The van der Waals surface area contributed by atoms with Crippen molar-refractivity contribution in [2.75, 3.05) is 18.5 Å². The summed E-state index contributed by atoms with van der Waals surface area (Å²) in [4.78, 5) is 12.0. The second-order valence-corrected chi connectivity index (χ2v) is 5.12. The fourth-order valence-electron chi connectivity index (χ4n) is 2.08. The highest BCUT2D eigenvalue weighted by Crippen LogP contribution is 2.31. The van der Waals surface area contributed by atoms with E-state index in [9.17, 15) is 18.0 Å². The molecule has 0 aliphatic heterocycles. The monoisotopic (exact) mass is 364 g/mol. The number of anilines is 1. The summed E-state index contributed by atoms with van der Waals surface area (Å²) in [7, 11) is 0. The molecule has 136 valence electrons. The number of carbonyl (C=O) groups excluding carboxylic acids is 1. The summed E-state index contributed by atoms with van der Waals surface area (Å²) in [6, 6.07) is 10.7. The Balaban J connectivity index is 2.05. The number of halogens is 3. The molecule has 1 amide bonds. The van der Waals surface area contributed by atoms with Crippen LogP contribution in [-0.2, 0) is 11.0 Å². The zero-order valence-corrected chi connectivity index (χ0v) is 13.8. The van der Waals surface area contributed by atoms with E-state index < -0.39 is 24.3 Å². The maximum Gasteiger partial charge on any atom is 0.416 e. The lowest BCUT2D eigenvalue weighted by Crippen LogP contribution is -2.21. The Kier molecular flexibility index (Phi) is 6.07. The molecule has 0 unspecified atom stereocenters. The predicted molar refractivity (Wildman–Crippen MR) is 87.9 cm³/mol. The number of rotatable bonds is 6. The van der Waals surface area contributed by atoms with E-state index in [0.29, 0.717) is 17.9 Å². The molecule has 0 radical (unpaired) electrons. The summed E-state index contributed by atoms with van der Waals surface area (Å²) in [5.41, 5.74) is -0.262. The topological polar surface area (TPSA) is 71.3 Å². The number of nitriles is 1. The van der Waals surface area contributed by atoms with Crippen LogP contribution in [0.3, 0.4) is 0 Å². The van der Waals surface area contributed by atoms with Crippen LogP contribution in [-0.4, -0.2) is 19.1 Å². The smallest absolute Gasteiger partial charge is 0.416 e. The molecule has 5 nitrogen and oxygen atoms in total. The van der Waals surface area contributed by atoms with Gasteiger partial charge in [0.2, 0.25) is 0 Å². The molecule has 0 bridgehead atoms. The van der Waals surface area contributed by atoms with E-state index in [0.717, 1.165) is 12.1 Å². The number of nitrogens with zero attached hydrogens (tertiary/aromatic N) is 1. The Bertz CT molecular complexity index is 829. The normalized spacial score (nSPS) is 10.7. The van der Waals surface area contributed by atoms with Gasteiger partial charge in [0.05, 0.1) is 29.5 Å².